The van der Waals surface area contributed by atoms with Gasteiger partial charge in [0.25, 0.3) is 0 Å². The fourth-order valence-electron chi connectivity index (χ4n) is 1.75. The van der Waals surface area contributed by atoms with Gasteiger partial charge in [-0.15, -0.1) is 0 Å². The van der Waals surface area contributed by atoms with Crippen LogP contribution in [0.15, 0.2) is 42.5 Å². The van der Waals surface area contributed by atoms with Crippen LogP contribution in [0.4, 0.5) is 4.39 Å². The van der Waals surface area contributed by atoms with Crippen LogP contribution in [0.1, 0.15) is 26.3 Å². The van der Waals surface area contributed by atoms with Crippen molar-refractivity contribution in [1.29, 1.82) is 0 Å². The number of phenols is 1. The van der Waals surface area contributed by atoms with E-state index in [0.29, 0.717) is 5.56 Å². The van der Waals surface area contributed by atoms with Crippen molar-refractivity contribution < 1.29 is 23.8 Å². The highest BCUT2D eigenvalue weighted by molar-refractivity contribution is 6.00. The maximum Gasteiger partial charge on any atom is 0.342 e. The molecule has 2 aromatic rings. The van der Waals surface area contributed by atoms with Crippen LogP contribution in [-0.2, 0) is 4.74 Å². The standard InChI is InChI=1S/C16H13FO4/c1-10-3-2-4-13(15(10)19)16(20)21-9-14(18)11-5-7-12(17)8-6-11/h2-8,19H,9H2,1H3. The largest absolute Gasteiger partial charge is 0.507 e. The maximum atomic E-state index is 12.7. The SMILES string of the molecule is Cc1cccc(C(=O)OCC(=O)c2ccc(F)cc2)c1O. The molecule has 0 saturated heterocycles. The van der Waals surface area contributed by atoms with Gasteiger partial charge in [-0.1, -0.05) is 12.1 Å². The molecule has 0 bridgehead atoms. The molecule has 0 heterocycles. The van der Waals surface area contributed by atoms with Gasteiger partial charge >= 0.3 is 5.97 Å². The lowest BCUT2D eigenvalue weighted by atomic mass is 10.1. The minimum Gasteiger partial charge on any atom is -0.507 e. The zero-order valence-corrected chi connectivity index (χ0v) is 11.3. The second kappa shape index (κ2) is 6.17. The summed E-state index contributed by atoms with van der Waals surface area (Å²) < 4.78 is 17.6. The summed E-state index contributed by atoms with van der Waals surface area (Å²) in [5.41, 5.74) is 0.786. The van der Waals surface area contributed by atoms with Gasteiger partial charge in [0.2, 0.25) is 0 Å². The summed E-state index contributed by atoms with van der Waals surface area (Å²) in [5.74, 6) is -1.85. The molecule has 0 aliphatic carbocycles. The summed E-state index contributed by atoms with van der Waals surface area (Å²) in [5, 5.41) is 9.75. The van der Waals surface area contributed by atoms with Crippen LogP contribution in [0.2, 0.25) is 0 Å². The smallest absolute Gasteiger partial charge is 0.342 e. The maximum absolute atomic E-state index is 12.7. The van der Waals surface area contributed by atoms with Crippen LogP contribution in [0.25, 0.3) is 0 Å². The second-order valence-electron chi connectivity index (χ2n) is 4.48. The summed E-state index contributed by atoms with van der Waals surface area (Å²) in [6, 6.07) is 9.60. The first kappa shape index (κ1) is 14.7. The van der Waals surface area contributed by atoms with E-state index in [4.69, 9.17) is 4.74 Å². The Balaban J connectivity index is 2.02. The average Bonchev–Trinajstić information content (AvgIpc) is 2.48. The first-order valence-corrected chi connectivity index (χ1v) is 6.23. The lowest BCUT2D eigenvalue weighted by Crippen LogP contribution is -2.14. The van der Waals surface area contributed by atoms with E-state index in [2.05, 4.69) is 0 Å². The van der Waals surface area contributed by atoms with E-state index < -0.39 is 24.2 Å². The topological polar surface area (TPSA) is 63.6 Å². The zero-order chi connectivity index (χ0) is 15.4. The molecular weight excluding hydrogens is 275 g/mol. The lowest BCUT2D eigenvalue weighted by Gasteiger charge is -2.07. The fraction of sp³-hybridized carbons (Fsp3) is 0.125. The molecule has 0 aliphatic heterocycles. The molecule has 0 fully saturated rings. The Morgan fingerprint density at radius 1 is 1.14 bits per heavy atom. The van der Waals surface area contributed by atoms with Crippen LogP contribution in [0.5, 0.6) is 5.75 Å². The molecule has 0 saturated carbocycles. The van der Waals surface area contributed by atoms with Gasteiger partial charge in [0.1, 0.15) is 17.1 Å². The Labute approximate surface area is 120 Å². The summed E-state index contributed by atoms with van der Waals surface area (Å²) in [6.07, 6.45) is 0. The summed E-state index contributed by atoms with van der Waals surface area (Å²) in [7, 11) is 0. The molecule has 2 rings (SSSR count). The number of benzene rings is 2. The Morgan fingerprint density at radius 2 is 1.81 bits per heavy atom. The third kappa shape index (κ3) is 3.45. The van der Waals surface area contributed by atoms with Crippen LogP contribution in [0.3, 0.4) is 0 Å². The number of ketones is 1. The Morgan fingerprint density at radius 3 is 2.48 bits per heavy atom. The minimum atomic E-state index is -0.785. The number of aryl methyl sites for hydroxylation is 1. The number of halogens is 1. The van der Waals surface area contributed by atoms with Gasteiger partial charge in [0.05, 0.1) is 0 Å². The Hall–Kier alpha value is -2.69. The third-order valence-electron chi connectivity index (χ3n) is 2.96. The Bertz CT molecular complexity index is 677. The molecule has 108 valence electrons. The number of carbonyl (C=O) groups is 2. The quantitative estimate of drug-likeness (QED) is 0.694. The summed E-state index contributed by atoms with van der Waals surface area (Å²) >= 11 is 0. The van der Waals surface area contributed by atoms with Gasteiger partial charge in [-0.05, 0) is 42.8 Å². The van der Waals surface area contributed by atoms with Crippen molar-refractivity contribution in [2.24, 2.45) is 0 Å². The summed E-state index contributed by atoms with van der Waals surface area (Å²) in [6.45, 7) is 1.17. The molecule has 0 aliphatic rings. The van der Waals surface area contributed by atoms with Crippen molar-refractivity contribution in [2.75, 3.05) is 6.61 Å². The predicted molar refractivity (Wildman–Crippen MR) is 73.9 cm³/mol. The number of hydrogen-bond donors (Lipinski definition) is 1. The van der Waals surface area contributed by atoms with E-state index in [1.165, 1.54) is 18.2 Å². The van der Waals surface area contributed by atoms with E-state index in [1.807, 2.05) is 0 Å². The molecule has 4 nitrogen and oxygen atoms in total. The molecule has 2 aromatic carbocycles. The summed E-state index contributed by atoms with van der Waals surface area (Å²) in [4.78, 5) is 23.6. The monoisotopic (exact) mass is 288 g/mol. The van der Waals surface area contributed by atoms with Crippen molar-refractivity contribution in [3.63, 3.8) is 0 Å². The number of ether oxygens (including phenoxy) is 1. The van der Waals surface area contributed by atoms with Crippen molar-refractivity contribution in [3.8, 4) is 5.75 Å². The molecule has 0 atom stereocenters. The third-order valence-corrected chi connectivity index (χ3v) is 2.96. The first-order valence-electron chi connectivity index (χ1n) is 6.23. The van der Waals surface area contributed by atoms with Gasteiger partial charge in [0, 0.05) is 5.56 Å². The second-order valence-corrected chi connectivity index (χ2v) is 4.48. The number of esters is 1. The van der Waals surface area contributed by atoms with Crippen molar-refractivity contribution >= 4 is 11.8 Å². The fourth-order valence-corrected chi connectivity index (χ4v) is 1.75. The van der Waals surface area contributed by atoms with Crippen molar-refractivity contribution in [2.45, 2.75) is 6.92 Å². The predicted octanol–water partition coefficient (Wildman–Crippen LogP) is 2.88. The molecular formula is C16H13FO4. The molecule has 5 heteroatoms. The van der Waals surface area contributed by atoms with Gasteiger partial charge < -0.3 is 9.84 Å². The molecule has 0 aromatic heterocycles. The molecule has 1 N–H and O–H groups in total. The van der Waals surface area contributed by atoms with Crippen LogP contribution in [0, 0.1) is 12.7 Å². The molecule has 0 spiro atoms. The number of aromatic hydroxyl groups is 1. The van der Waals surface area contributed by atoms with E-state index >= 15 is 0 Å². The average molecular weight is 288 g/mol. The van der Waals surface area contributed by atoms with Gasteiger partial charge in [-0.25, -0.2) is 9.18 Å². The normalized spacial score (nSPS) is 10.2. The first-order chi connectivity index (χ1) is 9.99. The number of rotatable bonds is 4. The number of phenolic OH excluding ortho intramolecular Hbond substituents is 1. The number of carbonyl (C=O) groups excluding carboxylic acids is 2. The Kier molecular flexibility index (Phi) is 4.33. The van der Waals surface area contributed by atoms with Gasteiger partial charge in [0.15, 0.2) is 12.4 Å². The molecule has 21 heavy (non-hydrogen) atoms. The molecule has 0 unspecified atom stereocenters. The molecule has 0 radical (unpaired) electrons. The molecule has 0 amide bonds. The van der Waals surface area contributed by atoms with Crippen LogP contribution in [-0.4, -0.2) is 23.5 Å². The highest BCUT2D eigenvalue weighted by Crippen LogP contribution is 2.22. The minimum absolute atomic E-state index is 0.00176. The van der Waals surface area contributed by atoms with Crippen molar-refractivity contribution in [3.05, 3.63) is 65.0 Å². The van der Waals surface area contributed by atoms with E-state index in [-0.39, 0.29) is 16.9 Å². The highest BCUT2D eigenvalue weighted by atomic mass is 19.1. The van der Waals surface area contributed by atoms with Gasteiger partial charge in [-0.3, -0.25) is 4.79 Å². The highest BCUT2D eigenvalue weighted by Gasteiger charge is 2.16. The van der Waals surface area contributed by atoms with Gasteiger partial charge in [-0.2, -0.15) is 0 Å². The van der Waals surface area contributed by atoms with E-state index in [0.717, 1.165) is 12.1 Å². The number of hydrogen-bond acceptors (Lipinski definition) is 4. The van der Waals surface area contributed by atoms with E-state index in [1.54, 1.807) is 19.1 Å². The number of Topliss-reactive ketones (excluding diaryl/α,β-unsaturated/α-hetero) is 1. The van der Waals surface area contributed by atoms with Crippen LogP contribution >= 0.6 is 0 Å². The van der Waals surface area contributed by atoms with Crippen LogP contribution < -0.4 is 0 Å². The lowest BCUT2D eigenvalue weighted by molar-refractivity contribution is 0.0471. The van der Waals surface area contributed by atoms with E-state index in [9.17, 15) is 19.1 Å². The zero-order valence-electron chi connectivity index (χ0n) is 11.3. The number of para-hydroxylation sites is 1. The van der Waals surface area contributed by atoms with Crippen molar-refractivity contribution in [1.82, 2.24) is 0 Å².